The number of fused-ring (bicyclic) bond motifs is 6. The first-order chi connectivity index (χ1) is 37.9. The summed E-state index contributed by atoms with van der Waals surface area (Å²) in [7, 11) is -3.39. The maximum Gasteiger partial charge on any atom is 0.389 e. The van der Waals surface area contributed by atoms with Gasteiger partial charge in [0.2, 0.25) is 35.4 Å². The fourth-order valence-electron chi connectivity index (χ4n) is 11.1. The summed E-state index contributed by atoms with van der Waals surface area (Å²) in [5.41, 5.74) is 9.73. The number of piperidine rings is 1. The van der Waals surface area contributed by atoms with Crippen LogP contribution >= 0.6 is 31.3 Å². The number of aromatic nitrogens is 1. The number of nitrogens with zero attached hydrogens (tertiary/aromatic N) is 4. The molecule has 5 aromatic rings. The van der Waals surface area contributed by atoms with Crippen LogP contribution in [-0.4, -0.2) is 114 Å². The molecule has 19 nitrogen and oxygen atoms in total. The number of thiazole rings is 1. The Kier molecular flexibility index (Phi) is 16.3. The minimum Gasteiger partial charge on any atom is -0.370 e. The normalized spacial score (nSPS) is 20.2. The van der Waals surface area contributed by atoms with Crippen LogP contribution in [0.5, 0.6) is 0 Å². The first kappa shape index (κ1) is 55.3. The van der Waals surface area contributed by atoms with Crippen molar-refractivity contribution in [2.45, 2.75) is 126 Å². The van der Waals surface area contributed by atoms with E-state index in [2.05, 4.69) is 32.3 Å². The second kappa shape index (κ2) is 23.3. The Morgan fingerprint density at radius 2 is 1.76 bits per heavy atom. The lowest BCUT2D eigenvalue weighted by Gasteiger charge is -2.39. The van der Waals surface area contributed by atoms with Crippen LogP contribution in [0, 0.1) is 11.8 Å². The third kappa shape index (κ3) is 12.0. The van der Waals surface area contributed by atoms with Crippen LogP contribution in [-0.2, 0) is 52.4 Å². The minimum absolute atomic E-state index is 0.0363. The van der Waals surface area contributed by atoms with Gasteiger partial charge in [0.25, 0.3) is 11.8 Å². The molecule has 0 bridgehead atoms. The van der Waals surface area contributed by atoms with Crippen LogP contribution < -0.4 is 21.7 Å². The topological polar surface area (TPSA) is 271 Å². The molecule has 5 aliphatic rings. The van der Waals surface area contributed by atoms with Gasteiger partial charge in [0.1, 0.15) is 23.1 Å². The summed E-state index contributed by atoms with van der Waals surface area (Å²) in [6.45, 7) is 0.185. The van der Waals surface area contributed by atoms with E-state index in [1.165, 1.54) is 33.3 Å². The van der Waals surface area contributed by atoms with E-state index in [9.17, 15) is 42.3 Å². The van der Waals surface area contributed by atoms with E-state index in [1.807, 2.05) is 30.3 Å². The highest BCUT2D eigenvalue weighted by Gasteiger charge is 2.47. The number of nitrogens with two attached hydrogens (primary N) is 1. The maximum absolute atomic E-state index is 15.0. The van der Waals surface area contributed by atoms with Crippen molar-refractivity contribution in [2.24, 2.45) is 5.73 Å². The molecule has 10 rings (SSSR count). The van der Waals surface area contributed by atoms with Crippen molar-refractivity contribution >= 4 is 88.6 Å². The summed E-state index contributed by atoms with van der Waals surface area (Å²) >= 11 is 2.41. The lowest BCUT2D eigenvalue weighted by Crippen LogP contribution is -2.61. The van der Waals surface area contributed by atoms with Crippen LogP contribution in [0.15, 0.2) is 66.7 Å². The molecule has 1 unspecified atom stereocenters. The molecule has 0 saturated carbocycles. The van der Waals surface area contributed by atoms with Gasteiger partial charge in [0, 0.05) is 84.0 Å². The Bertz CT molecular complexity index is 3360. The van der Waals surface area contributed by atoms with Crippen molar-refractivity contribution in [3.8, 4) is 23.1 Å². The molecule has 24 heteroatoms. The first-order valence-corrected chi connectivity index (χ1v) is 28.8. The number of unbranched alkanes of at least 4 members (excludes halogenated alkanes) is 3. The maximum atomic E-state index is 15.0. The highest BCUT2D eigenvalue weighted by molar-refractivity contribution is 7.39. The van der Waals surface area contributed by atoms with Crippen LogP contribution in [0.4, 0.5) is 8.78 Å². The van der Waals surface area contributed by atoms with Gasteiger partial charge < -0.3 is 40.9 Å². The molecule has 4 aliphatic heterocycles. The van der Waals surface area contributed by atoms with Crippen LogP contribution in [0.2, 0.25) is 0 Å². The smallest absolute Gasteiger partial charge is 0.370 e. The van der Waals surface area contributed by atoms with Gasteiger partial charge in [-0.05, 0) is 97.9 Å². The highest BCUT2D eigenvalue weighted by Crippen LogP contribution is 2.44. The summed E-state index contributed by atoms with van der Waals surface area (Å²) in [5.74, 6) is 2.61. The predicted molar refractivity (Wildman–Crippen MR) is 286 cm³/mol. The Morgan fingerprint density at radius 1 is 0.949 bits per heavy atom. The summed E-state index contributed by atoms with van der Waals surface area (Å²) in [5, 5.41) is 9.02. The number of carbonyl (C=O) groups is 8. The van der Waals surface area contributed by atoms with Crippen molar-refractivity contribution in [3.63, 3.8) is 0 Å². The van der Waals surface area contributed by atoms with Crippen LogP contribution in [0.1, 0.15) is 135 Å². The van der Waals surface area contributed by atoms with Crippen molar-refractivity contribution in [1.29, 1.82) is 0 Å². The van der Waals surface area contributed by atoms with Gasteiger partial charge in [-0.15, -0.1) is 22.7 Å². The zero-order valence-electron chi connectivity index (χ0n) is 42.5. The number of carbonyl (C=O) groups excluding carboxylic acids is 8. The van der Waals surface area contributed by atoms with Crippen molar-refractivity contribution in [2.75, 3.05) is 13.1 Å². The SMILES string of the molecule is NC(=O)CC[C@H](NC(=O)[C@@H]1CC[C@@H]2CCN(C(=O)CCCCCC#Cc3cccc4c3CN(C3CCC(=O)NC3=O)C4=O)C[C@H](NC(=O)c3cc4cc(C(F)(F)OP(O)O)ccc4s3)C(=O)N21)c1nc2c(s1)Cc1ccccc1-2. The van der Waals surface area contributed by atoms with Gasteiger partial charge in [-0.25, -0.2) is 9.51 Å². The number of hydrogen-bond acceptors (Lipinski definition) is 14. The van der Waals surface area contributed by atoms with Crippen molar-refractivity contribution in [3.05, 3.63) is 109 Å². The van der Waals surface area contributed by atoms with Gasteiger partial charge in [-0.3, -0.25) is 43.7 Å². The Labute approximate surface area is 461 Å². The van der Waals surface area contributed by atoms with E-state index in [1.54, 1.807) is 17.0 Å². The lowest BCUT2D eigenvalue weighted by molar-refractivity contribution is -0.189. The zero-order valence-corrected chi connectivity index (χ0v) is 45.0. The number of hydrogen-bond donors (Lipinski definition) is 6. The third-order valence-corrected chi connectivity index (χ3v) is 17.7. The number of alkyl halides is 2. The molecule has 2 aromatic heterocycles. The molecule has 3 aromatic carbocycles. The molecule has 6 heterocycles. The molecule has 5 atom stereocenters. The zero-order chi connectivity index (χ0) is 55.7. The van der Waals surface area contributed by atoms with Crippen LogP contribution in [0.25, 0.3) is 21.3 Å². The average Bonchev–Trinajstić information content (AvgIpc) is 4.44. The molecule has 79 heavy (non-hydrogen) atoms. The largest absolute Gasteiger partial charge is 0.389 e. The number of thiophene rings is 1. The first-order valence-electron chi connectivity index (χ1n) is 26.0. The molecule has 1 aliphatic carbocycles. The quantitative estimate of drug-likeness (QED) is 0.0275. The van der Waals surface area contributed by atoms with Gasteiger partial charge in [-0.1, -0.05) is 48.6 Å². The number of amides is 8. The van der Waals surface area contributed by atoms with Crippen LogP contribution in [0.3, 0.4) is 0 Å². The number of benzene rings is 3. The van der Waals surface area contributed by atoms with Gasteiger partial charge in [-0.2, -0.15) is 8.78 Å². The van der Waals surface area contributed by atoms with Crippen molar-refractivity contribution < 1.29 is 61.4 Å². The minimum atomic E-state index is -4.05. The molecule has 0 spiro atoms. The Hall–Kier alpha value is -7.06. The fourth-order valence-corrected chi connectivity index (χ4v) is 13.6. The van der Waals surface area contributed by atoms with E-state index in [0.717, 1.165) is 50.7 Å². The van der Waals surface area contributed by atoms with E-state index < -0.39 is 80.0 Å². The van der Waals surface area contributed by atoms with Gasteiger partial charge >= 0.3 is 14.7 Å². The monoisotopic (exact) mass is 1140 g/mol. The molecule has 3 fully saturated rings. The number of imide groups is 1. The van der Waals surface area contributed by atoms with E-state index in [4.69, 9.17) is 20.5 Å². The molecule has 0 radical (unpaired) electrons. The van der Waals surface area contributed by atoms with E-state index >= 15 is 4.79 Å². The number of halogens is 2. The number of rotatable bonds is 17. The van der Waals surface area contributed by atoms with E-state index in [0.29, 0.717) is 65.8 Å². The van der Waals surface area contributed by atoms with Gasteiger partial charge in [0.15, 0.2) is 0 Å². The second-order valence-electron chi connectivity index (χ2n) is 20.2. The van der Waals surface area contributed by atoms with E-state index in [-0.39, 0.29) is 86.1 Å². The molecule has 3 saturated heterocycles. The summed E-state index contributed by atoms with van der Waals surface area (Å²) < 4.78 is 33.9. The summed E-state index contributed by atoms with van der Waals surface area (Å²) in [6, 6.07) is 13.7. The lowest BCUT2D eigenvalue weighted by atomic mass is 10.0. The standard InChI is InChI=1S/C55H55F2N8O11PS2/c56-55(57,76-77(74)75)33-15-20-42-32(25-33)27-44(78-42)51(71)60-39-29-63(47(68)14-5-3-1-2-4-9-30-11-8-13-36-37(30)28-64(53(36)72)40-19-22-46(67)61-49(40)69)24-23-34-16-18-41(65(34)54(39)73)50(70)59-38(17-21-45(58)66)52-62-48-35-12-7-6-10-31(35)26-43(48)79-52/h6-8,10-13,15,20,25,27,34,38-41,74-75H,1-3,5,14,16-19,21-24,26,28-29H2,(H2,58,66)(H,59,70)(H,60,71)(H,61,67,69)/t34-,38+,39+,40?,41+/m1/s1. The molecular weight excluding hydrogens is 1080 g/mol. The fraction of sp³-hybridized carbons (Fsp3) is 0.400. The molecular formula is C55H55F2N8O11PS2. The summed E-state index contributed by atoms with van der Waals surface area (Å²) in [6.07, 6.45) is 0.617. The molecule has 7 N–H and O–H groups in total. The number of nitrogens with one attached hydrogen (secondary N) is 3. The number of primary amides is 1. The average molecular weight is 1140 g/mol. The Balaban J connectivity index is 0.819. The highest BCUT2D eigenvalue weighted by atomic mass is 32.1. The van der Waals surface area contributed by atoms with Gasteiger partial charge in [0.05, 0.1) is 22.2 Å². The molecule has 8 amide bonds. The third-order valence-electron chi connectivity index (χ3n) is 15.1. The predicted octanol–water partition coefficient (Wildman–Crippen LogP) is 5.78. The second-order valence-corrected chi connectivity index (χ2v) is 23.1. The summed E-state index contributed by atoms with van der Waals surface area (Å²) in [4.78, 5) is 136. The molecule has 412 valence electrons. The Morgan fingerprint density at radius 3 is 2.56 bits per heavy atom. The van der Waals surface area contributed by atoms with Crippen molar-refractivity contribution in [1.82, 2.24) is 35.6 Å².